The summed E-state index contributed by atoms with van der Waals surface area (Å²) in [4.78, 5) is 4.24. The molecule has 1 saturated carbocycles. The monoisotopic (exact) mass is 398 g/mol. The van der Waals surface area contributed by atoms with Gasteiger partial charge >= 0.3 is 0 Å². The molecule has 3 aromatic rings. The van der Waals surface area contributed by atoms with Gasteiger partial charge in [0.05, 0.1) is 11.4 Å². The van der Waals surface area contributed by atoms with E-state index in [-0.39, 0.29) is 11.1 Å². The minimum Gasteiger partial charge on any atom is -0.487 e. The van der Waals surface area contributed by atoms with E-state index in [2.05, 4.69) is 16.4 Å². The van der Waals surface area contributed by atoms with Crippen molar-refractivity contribution in [2.45, 2.75) is 43.7 Å². The lowest BCUT2D eigenvalue weighted by atomic mass is 10.00. The Hall–Kier alpha value is -2.68. The van der Waals surface area contributed by atoms with Gasteiger partial charge in [-0.25, -0.2) is 9.37 Å². The SMILES string of the molecule is Nc1ccnc2c1c(F)cn2[C@@H]1C[C@H](Oc2cccc3c2CCNC3)[C@@H](O)[C@H]1O. The van der Waals surface area contributed by atoms with Crippen molar-refractivity contribution < 1.29 is 19.3 Å². The summed E-state index contributed by atoms with van der Waals surface area (Å²) in [5.74, 6) is 0.230. The highest BCUT2D eigenvalue weighted by Gasteiger charge is 2.45. The van der Waals surface area contributed by atoms with Crippen molar-refractivity contribution in [2.24, 2.45) is 0 Å². The largest absolute Gasteiger partial charge is 0.487 e. The molecule has 2 aromatic heterocycles. The van der Waals surface area contributed by atoms with Crippen LogP contribution in [0.2, 0.25) is 0 Å². The highest BCUT2D eigenvalue weighted by Crippen LogP contribution is 2.38. The molecule has 0 bridgehead atoms. The average Bonchev–Trinajstić information content (AvgIpc) is 3.20. The van der Waals surface area contributed by atoms with Crippen molar-refractivity contribution in [1.29, 1.82) is 0 Å². The van der Waals surface area contributed by atoms with Gasteiger partial charge in [0.25, 0.3) is 0 Å². The Labute approximate surface area is 166 Å². The Morgan fingerprint density at radius 3 is 2.97 bits per heavy atom. The second-order valence-electron chi connectivity index (χ2n) is 7.74. The van der Waals surface area contributed by atoms with Crippen LogP contribution in [-0.2, 0) is 13.0 Å². The molecule has 1 aromatic carbocycles. The lowest BCUT2D eigenvalue weighted by Crippen LogP contribution is -2.34. The highest BCUT2D eigenvalue weighted by atomic mass is 19.1. The molecule has 5 N–H and O–H groups in total. The summed E-state index contributed by atoms with van der Waals surface area (Å²) >= 11 is 0. The number of nitrogen functional groups attached to an aromatic ring is 1. The molecule has 1 aliphatic heterocycles. The van der Waals surface area contributed by atoms with Crippen molar-refractivity contribution in [2.75, 3.05) is 12.3 Å². The number of halogens is 1. The molecule has 0 spiro atoms. The van der Waals surface area contributed by atoms with Crippen LogP contribution in [0.15, 0.2) is 36.7 Å². The van der Waals surface area contributed by atoms with Crippen molar-refractivity contribution in [3.8, 4) is 5.75 Å². The Bertz CT molecular complexity index is 1070. The van der Waals surface area contributed by atoms with E-state index >= 15 is 0 Å². The van der Waals surface area contributed by atoms with E-state index in [0.29, 0.717) is 12.1 Å². The number of fused-ring (bicyclic) bond motifs is 2. The molecule has 4 atom stereocenters. The maximum atomic E-state index is 14.5. The first kappa shape index (κ1) is 18.4. The zero-order valence-corrected chi connectivity index (χ0v) is 15.8. The molecule has 8 heteroatoms. The van der Waals surface area contributed by atoms with Gasteiger partial charge in [0, 0.05) is 31.0 Å². The molecule has 0 unspecified atom stereocenters. The van der Waals surface area contributed by atoms with Crippen molar-refractivity contribution in [3.63, 3.8) is 0 Å². The van der Waals surface area contributed by atoms with Gasteiger partial charge in [-0.15, -0.1) is 0 Å². The lowest BCUT2D eigenvalue weighted by Gasteiger charge is -2.24. The third-order valence-electron chi connectivity index (χ3n) is 6.03. The standard InChI is InChI=1S/C21H23FN4O3/c22-13-10-26(21-18(13)14(23)5-7-25-21)15-8-17(20(28)19(15)27)29-16-3-1-2-11-9-24-6-4-12(11)16/h1-3,5,7,10,15,17,19-20,24,27-28H,4,6,8-9H2,(H2,23,25)/t15-,17+,19+,20-/m1/s1. The van der Waals surface area contributed by atoms with Gasteiger partial charge in [-0.2, -0.15) is 0 Å². The minimum absolute atomic E-state index is 0.225. The number of hydrogen-bond acceptors (Lipinski definition) is 6. The van der Waals surface area contributed by atoms with E-state index in [4.69, 9.17) is 10.5 Å². The van der Waals surface area contributed by atoms with Crippen LogP contribution in [0, 0.1) is 5.82 Å². The Balaban J connectivity index is 1.46. The summed E-state index contributed by atoms with van der Waals surface area (Å²) in [7, 11) is 0. The number of rotatable bonds is 3. The van der Waals surface area contributed by atoms with E-state index < -0.39 is 30.2 Å². The van der Waals surface area contributed by atoms with Crippen LogP contribution < -0.4 is 15.8 Å². The smallest absolute Gasteiger partial charge is 0.152 e. The Kier molecular flexibility index (Phi) is 4.42. The van der Waals surface area contributed by atoms with Gasteiger partial charge in [-0.3, -0.25) is 0 Å². The molecule has 5 rings (SSSR count). The molecule has 3 heterocycles. The van der Waals surface area contributed by atoms with Crippen LogP contribution >= 0.6 is 0 Å². The van der Waals surface area contributed by atoms with E-state index in [1.807, 2.05) is 12.1 Å². The number of pyridine rings is 1. The maximum Gasteiger partial charge on any atom is 0.152 e. The first-order valence-corrected chi connectivity index (χ1v) is 9.79. The topological polar surface area (TPSA) is 106 Å². The van der Waals surface area contributed by atoms with E-state index in [1.54, 1.807) is 4.57 Å². The number of anilines is 1. The first-order valence-electron chi connectivity index (χ1n) is 9.79. The summed E-state index contributed by atoms with van der Waals surface area (Å²) in [6.07, 6.45) is 1.13. The van der Waals surface area contributed by atoms with Crippen LogP contribution in [0.4, 0.5) is 10.1 Å². The molecule has 2 aliphatic rings. The molecule has 0 radical (unpaired) electrons. The van der Waals surface area contributed by atoms with Crippen LogP contribution in [-0.4, -0.2) is 44.6 Å². The zero-order chi connectivity index (χ0) is 20.1. The van der Waals surface area contributed by atoms with Gasteiger partial charge in [0.1, 0.15) is 29.7 Å². The first-order chi connectivity index (χ1) is 14.0. The fourth-order valence-corrected chi connectivity index (χ4v) is 4.54. The number of aromatic nitrogens is 2. The van der Waals surface area contributed by atoms with Crippen molar-refractivity contribution in [3.05, 3.63) is 53.6 Å². The number of benzene rings is 1. The van der Waals surface area contributed by atoms with Gasteiger partial charge in [0.2, 0.25) is 0 Å². The third-order valence-corrected chi connectivity index (χ3v) is 6.03. The fourth-order valence-electron chi connectivity index (χ4n) is 4.54. The predicted octanol–water partition coefficient (Wildman–Crippen LogP) is 1.52. The summed E-state index contributed by atoms with van der Waals surface area (Å²) in [5, 5.41) is 24.9. The van der Waals surface area contributed by atoms with Gasteiger partial charge in [0.15, 0.2) is 5.82 Å². The number of hydrogen-bond donors (Lipinski definition) is 4. The number of nitrogens with zero attached hydrogens (tertiary/aromatic N) is 2. The highest BCUT2D eigenvalue weighted by molar-refractivity contribution is 5.89. The van der Waals surface area contributed by atoms with E-state index in [1.165, 1.54) is 24.0 Å². The van der Waals surface area contributed by atoms with Gasteiger partial charge in [-0.1, -0.05) is 12.1 Å². The van der Waals surface area contributed by atoms with Gasteiger partial charge in [-0.05, 0) is 36.2 Å². The molecule has 29 heavy (non-hydrogen) atoms. The van der Waals surface area contributed by atoms with E-state index in [0.717, 1.165) is 30.8 Å². The molecular formula is C21H23FN4O3. The molecule has 152 valence electrons. The van der Waals surface area contributed by atoms with Crippen LogP contribution in [0.1, 0.15) is 23.6 Å². The van der Waals surface area contributed by atoms with Crippen LogP contribution in [0.25, 0.3) is 11.0 Å². The summed E-state index contributed by atoms with van der Waals surface area (Å²) in [5.41, 5.74) is 8.83. The number of ether oxygens (including phenoxy) is 1. The van der Waals surface area contributed by atoms with Crippen molar-refractivity contribution in [1.82, 2.24) is 14.9 Å². The van der Waals surface area contributed by atoms with Crippen LogP contribution in [0.5, 0.6) is 5.75 Å². The fraction of sp³-hybridized carbons (Fsp3) is 0.381. The van der Waals surface area contributed by atoms with Crippen molar-refractivity contribution >= 4 is 16.7 Å². The Morgan fingerprint density at radius 1 is 1.24 bits per heavy atom. The summed E-state index contributed by atoms with van der Waals surface area (Å²) in [6, 6.07) is 6.84. The van der Waals surface area contributed by atoms with Crippen LogP contribution in [0.3, 0.4) is 0 Å². The zero-order valence-electron chi connectivity index (χ0n) is 15.8. The maximum absolute atomic E-state index is 14.5. The third kappa shape index (κ3) is 2.95. The molecule has 0 saturated heterocycles. The normalized spacial score (nSPS) is 26.6. The second kappa shape index (κ2) is 6.98. The average molecular weight is 398 g/mol. The molecule has 0 amide bonds. The number of nitrogens with two attached hydrogens (primary N) is 1. The summed E-state index contributed by atoms with van der Waals surface area (Å²) in [6.45, 7) is 1.65. The predicted molar refractivity (Wildman–Crippen MR) is 106 cm³/mol. The molecule has 7 nitrogen and oxygen atoms in total. The Morgan fingerprint density at radius 2 is 2.10 bits per heavy atom. The number of aliphatic hydroxyl groups is 2. The van der Waals surface area contributed by atoms with E-state index in [9.17, 15) is 14.6 Å². The molecule has 1 aliphatic carbocycles. The lowest BCUT2D eigenvalue weighted by molar-refractivity contribution is -0.0166. The summed E-state index contributed by atoms with van der Waals surface area (Å²) < 4.78 is 22.2. The quantitative estimate of drug-likeness (QED) is 0.533. The van der Waals surface area contributed by atoms with Gasteiger partial charge < -0.3 is 30.6 Å². The minimum atomic E-state index is -1.11. The number of nitrogens with one attached hydrogen (secondary N) is 1. The molecule has 1 fully saturated rings. The second-order valence-corrected chi connectivity index (χ2v) is 7.74. The molecular weight excluding hydrogens is 375 g/mol. The number of aliphatic hydroxyl groups excluding tert-OH is 2.